The number of pyridine rings is 1. The third kappa shape index (κ3) is 5.95. The summed E-state index contributed by atoms with van der Waals surface area (Å²) in [7, 11) is -4.00. The number of carbonyl (C=O) groups excluding carboxylic acids is 1. The molecule has 12 heteroatoms. The largest absolute Gasteiger partial charge is 0.433 e. The van der Waals surface area contributed by atoms with E-state index in [9.17, 15) is 22.0 Å². The van der Waals surface area contributed by atoms with E-state index in [1.54, 1.807) is 6.07 Å². The van der Waals surface area contributed by atoms with Crippen LogP contribution in [0, 0.1) is 0 Å². The molecule has 1 aliphatic rings. The van der Waals surface area contributed by atoms with Crippen LogP contribution in [0.1, 0.15) is 36.0 Å². The number of hydrogen-bond acceptors (Lipinski definition) is 6. The van der Waals surface area contributed by atoms with Gasteiger partial charge in [0.25, 0.3) is 5.91 Å². The highest BCUT2D eigenvalue weighted by atomic mass is 35.5. The number of nitrogens with two attached hydrogens (primary N) is 1. The quantitative estimate of drug-likeness (QED) is 0.699. The fourth-order valence-corrected chi connectivity index (χ4v) is 3.99. The van der Waals surface area contributed by atoms with Gasteiger partial charge in [-0.05, 0) is 37.8 Å². The Hall–Kier alpha value is -2.08. The average Bonchev–Trinajstić information content (AvgIpc) is 2.62. The van der Waals surface area contributed by atoms with Crippen LogP contribution in [0.5, 0.6) is 5.75 Å². The minimum absolute atomic E-state index is 0.0228. The van der Waals surface area contributed by atoms with E-state index in [0.29, 0.717) is 36.6 Å². The van der Waals surface area contributed by atoms with Crippen LogP contribution >= 0.6 is 11.6 Å². The summed E-state index contributed by atoms with van der Waals surface area (Å²) in [5.74, 6) is -0.559. The Morgan fingerprint density at radius 2 is 1.93 bits per heavy atom. The van der Waals surface area contributed by atoms with Crippen LogP contribution in [0.3, 0.4) is 0 Å². The second-order valence-electron chi connectivity index (χ2n) is 6.61. The molecule has 3 N–H and O–H groups in total. The van der Waals surface area contributed by atoms with Gasteiger partial charge >= 0.3 is 16.9 Å². The van der Waals surface area contributed by atoms with Crippen LogP contribution in [0.2, 0.25) is 5.02 Å². The van der Waals surface area contributed by atoms with Crippen molar-refractivity contribution < 1.29 is 30.9 Å². The first-order chi connectivity index (χ1) is 13.6. The molecule has 8 nitrogen and oxygen atoms in total. The summed E-state index contributed by atoms with van der Waals surface area (Å²) in [6.45, 7) is -3.01. The Morgan fingerprint density at radius 3 is 2.55 bits per heavy atom. The maximum atomic E-state index is 12.5. The Balaban J connectivity index is 1.65. The number of alkyl halides is 2. The maximum Gasteiger partial charge on any atom is 0.387 e. The van der Waals surface area contributed by atoms with E-state index in [-0.39, 0.29) is 28.3 Å². The van der Waals surface area contributed by atoms with Crippen molar-refractivity contribution in [3.8, 4) is 5.75 Å². The lowest BCUT2D eigenvalue weighted by molar-refractivity contribution is -0.0497. The monoisotopic (exact) mass is 449 g/mol. The molecule has 29 heavy (non-hydrogen) atoms. The number of aromatic nitrogens is 1. The number of nitrogens with one attached hydrogen (secondary N) is 1. The van der Waals surface area contributed by atoms with Gasteiger partial charge in [0.1, 0.15) is 5.75 Å². The molecule has 1 heterocycles. The van der Waals surface area contributed by atoms with E-state index < -0.39 is 23.0 Å². The van der Waals surface area contributed by atoms with Gasteiger partial charge in [0.05, 0.1) is 22.2 Å². The molecule has 0 unspecified atom stereocenters. The Kier molecular flexibility index (Phi) is 6.52. The first-order valence-electron chi connectivity index (χ1n) is 8.66. The molecular weight excluding hydrogens is 432 g/mol. The molecule has 1 amide bonds. The Labute approximate surface area is 170 Å². The zero-order valence-corrected chi connectivity index (χ0v) is 16.6. The molecule has 0 radical (unpaired) electrons. The summed E-state index contributed by atoms with van der Waals surface area (Å²) in [4.78, 5) is 16.6. The first-order valence-corrected chi connectivity index (χ1v) is 10.5. The van der Waals surface area contributed by atoms with Gasteiger partial charge < -0.3 is 10.1 Å². The minimum Gasteiger partial charge on any atom is -0.433 e. The van der Waals surface area contributed by atoms with Crippen LogP contribution in [0.25, 0.3) is 10.9 Å². The van der Waals surface area contributed by atoms with Gasteiger partial charge in [-0.25, -0.2) is 5.14 Å². The molecule has 1 aliphatic carbocycles. The molecule has 0 atom stereocenters. The second kappa shape index (κ2) is 8.74. The van der Waals surface area contributed by atoms with Crippen molar-refractivity contribution in [1.82, 2.24) is 10.3 Å². The third-order valence-corrected chi connectivity index (χ3v) is 5.33. The number of ether oxygens (including phenoxy) is 1. The van der Waals surface area contributed by atoms with E-state index in [2.05, 4.69) is 15.0 Å². The standard InChI is InChI=1S/C17H18ClF2N3O5S/c18-13-6-9-5-10(8-22-14(9)7-15(13)27-17(19)20)16(24)23-11-1-3-12(4-2-11)28-29(21,25)26/h5-8,11-12,17H,1-4H2,(H,23,24)(H2,21,25,26)/t11-,12-. The minimum atomic E-state index is -4.00. The molecular formula is C17H18ClF2N3O5S. The average molecular weight is 450 g/mol. The van der Waals surface area contributed by atoms with Gasteiger partial charge in [-0.1, -0.05) is 11.6 Å². The summed E-state index contributed by atoms with van der Waals surface area (Å²) in [6, 6.07) is 4.07. The van der Waals surface area contributed by atoms with Crippen molar-refractivity contribution in [2.24, 2.45) is 5.14 Å². The highest BCUT2D eigenvalue weighted by Gasteiger charge is 2.26. The van der Waals surface area contributed by atoms with Gasteiger partial charge in [0.2, 0.25) is 0 Å². The molecule has 1 aromatic heterocycles. The number of rotatable bonds is 6. The Morgan fingerprint density at radius 1 is 1.24 bits per heavy atom. The topological polar surface area (TPSA) is 121 Å². The molecule has 1 fully saturated rings. The molecule has 0 spiro atoms. The fraction of sp³-hybridized carbons (Fsp3) is 0.412. The molecule has 3 rings (SSSR count). The zero-order valence-electron chi connectivity index (χ0n) is 15.0. The van der Waals surface area contributed by atoms with Crippen LogP contribution in [-0.4, -0.2) is 38.1 Å². The zero-order chi connectivity index (χ0) is 21.2. The summed E-state index contributed by atoms with van der Waals surface area (Å²) >= 11 is 5.94. The molecule has 0 saturated heterocycles. The van der Waals surface area contributed by atoms with E-state index in [1.165, 1.54) is 18.3 Å². The normalized spacial score (nSPS) is 20.0. The van der Waals surface area contributed by atoms with E-state index in [0.717, 1.165) is 0 Å². The van der Waals surface area contributed by atoms with E-state index >= 15 is 0 Å². The number of benzene rings is 1. The van der Waals surface area contributed by atoms with Crippen molar-refractivity contribution in [1.29, 1.82) is 0 Å². The van der Waals surface area contributed by atoms with Crippen molar-refractivity contribution in [3.05, 3.63) is 35.0 Å². The number of amides is 1. The predicted octanol–water partition coefficient (Wildman–Crippen LogP) is 2.75. The lowest BCUT2D eigenvalue weighted by Gasteiger charge is -2.28. The molecule has 1 saturated carbocycles. The Bertz CT molecular complexity index is 1010. The first kappa shape index (κ1) is 21.6. The van der Waals surface area contributed by atoms with Gasteiger partial charge in [0, 0.05) is 23.7 Å². The van der Waals surface area contributed by atoms with Crippen LogP contribution in [0.4, 0.5) is 8.78 Å². The highest BCUT2D eigenvalue weighted by Crippen LogP contribution is 2.31. The van der Waals surface area contributed by atoms with Crippen LogP contribution in [0.15, 0.2) is 24.4 Å². The number of carbonyl (C=O) groups is 1. The molecule has 1 aromatic carbocycles. The number of halogens is 3. The number of nitrogens with zero attached hydrogens (tertiary/aromatic N) is 1. The number of hydrogen-bond donors (Lipinski definition) is 2. The summed E-state index contributed by atoms with van der Waals surface area (Å²) in [6.07, 6.45) is 2.79. The fourth-order valence-electron chi connectivity index (χ4n) is 3.20. The number of fused-ring (bicyclic) bond motifs is 1. The summed E-state index contributed by atoms with van der Waals surface area (Å²) in [5, 5.41) is 8.20. The van der Waals surface area contributed by atoms with Crippen molar-refractivity contribution in [3.63, 3.8) is 0 Å². The van der Waals surface area contributed by atoms with E-state index in [4.69, 9.17) is 20.9 Å². The van der Waals surface area contributed by atoms with Gasteiger partial charge in [-0.2, -0.15) is 17.2 Å². The van der Waals surface area contributed by atoms with Crippen LogP contribution in [-0.2, 0) is 14.5 Å². The molecule has 158 valence electrons. The lowest BCUT2D eigenvalue weighted by atomic mass is 9.93. The SMILES string of the molecule is NS(=O)(=O)O[C@H]1CC[C@H](NC(=O)c2cnc3cc(OC(F)F)c(Cl)cc3c2)CC1. The molecule has 0 aliphatic heterocycles. The van der Waals surface area contributed by atoms with Gasteiger partial charge in [0.15, 0.2) is 0 Å². The molecule has 2 aromatic rings. The summed E-state index contributed by atoms with van der Waals surface area (Å²) < 4.78 is 55.8. The predicted molar refractivity (Wildman–Crippen MR) is 101 cm³/mol. The third-order valence-electron chi connectivity index (χ3n) is 4.49. The van der Waals surface area contributed by atoms with Crippen molar-refractivity contribution in [2.45, 2.75) is 44.4 Å². The lowest BCUT2D eigenvalue weighted by Crippen LogP contribution is -2.40. The van der Waals surface area contributed by atoms with Crippen molar-refractivity contribution in [2.75, 3.05) is 0 Å². The van der Waals surface area contributed by atoms with Crippen molar-refractivity contribution >= 4 is 38.7 Å². The van der Waals surface area contributed by atoms with Gasteiger partial charge in [-0.3, -0.25) is 14.0 Å². The van der Waals surface area contributed by atoms with E-state index in [1.807, 2.05) is 0 Å². The smallest absolute Gasteiger partial charge is 0.387 e. The second-order valence-corrected chi connectivity index (χ2v) is 8.20. The molecule has 0 bridgehead atoms. The highest BCUT2D eigenvalue weighted by molar-refractivity contribution is 7.84. The maximum absolute atomic E-state index is 12.5. The van der Waals surface area contributed by atoms with Gasteiger partial charge in [-0.15, -0.1) is 0 Å². The summed E-state index contributed by atoms with van der Waals surface area (Å²) in [5.41, 5.74) is 0.626. The van der Waals surface area contributed by atoms with Crippen LogP contribution < -0.4 is 15.2 Å².